The summed E-state index contributed by atoms with van der Waals surface area (Å²) in [5.74, 6) is 0.619. The van der Waals surface area contributed by atoms with E-state index < -0.39 is 0 Å². The standard InChI is InChI=1S/C24H28FN3O3/c1-30-21-8-6-18(7-9-21)23(29)27-13-20-14-31-11-10-28(20)24(17-27)15-26(16-24)12-19-4-2-3-5-22(19)25/h2-9,20H,10-17H2,1H3. The molecular weight excluding hydrogens is 397 g/mol. The highest BCUT2D eigenvalue weighted by atomic mass is 19.1. The van der Waals surface area contributed by atoms with Crippen molar-refractivity contribution < 1.29 is 18.7 Å². The van der Waals surface area contributed by atoms with Gasteiger partial charge in [0, 0.05) is 50.4 Å². The van der Waals surface area contributed by atoms with E-state index in [4.69, 9.17) is 9.47 Å². The quantitative estimate of drug-likeness (QED) is 0.752. The molecule has 3 saturated heterocycles. The Bertz CT molecular complexity index is 945. The number of fused-ring (bicyclic) bond motifs is 2. The van der Waals surface area contributed by atoms with E-state index >= 15 is 0 Å². The third kappa shape index (κ3) is 3.82. The second kappa shape index (κ2) is 8.22. The van der Waals surface area contributed by atoms with Crippen molar-refractivity contribution in [3.05, 3.63) is 65.5 Å². The minimum Gasteiger partial charge on any atom is -0.497 e. The second-order valence-corrected chi connectivity index (χ2v) is 8.80. The predicted molar refractivity (Wildman–Crippen MR) is 115 cm³/mol. The van der Waals surface area contributed by atoms with Gasteiger partial charge in [-0.2, -0.15) is 0 Å². The van der Waals surface area contributed by atoms with Crippen LogP contribution in [0.5, 0.6) is 5.75 Å². The van der Waals surface area contributed by atoms with E-state index in [1.807, 2.05) is 41.3 Å². The van der Waals surface area contributed by atoms with E-state index in [1.165, 1.54) is 6.07 Å². The van der Waals surface area contributed by atoms with E-state index in [0.29, 0.717) is 31.8 Å². The summed E-state index contributed by atoms with van der Waals surface area (Å²) in [5, 5.41) is 0. The molecule has 1 unspecified atom stereocenters. The summed E-state index contributed by atoms with van der Waals surface area (Å²) in [4.78, 5) is 20.1. The number of benzene rings is 2. The summed E-state index contributed by atoms with van der Waals surface area (Å²) < 4.78 is 25.1. The zero-order chi connectivity index (χ0) is 21.4. The number of hydrogen-bond acceptors (Lipinski definition) is 5. The molecule has 0 N–H and O–H groups in total. The van der Waals surface area contributed by atoms with Crippen LogP contribution in [-0.2, 0) is 11.3 Å². The van der Waals surface area contributed by atoms with Gasteiger partial charge < -0.3 is 14.4 Å². The molecule has 0 aromatic heterocycles. The lowest BCUT2D eigenvalue weighted by atomic mass is 9.82. The van der Waals surface area contributed by atoms with Gasteiger partial charge >= 0.3 is 0 Å². The van der Waals surface area contributed by atoms with Crippen molar-refractivity contribution in [2.24, 2.45) is 0 Å². The van der Waals surface area contributed by atoms with Gasteiger partial charge in [0.05, 0.1) is 31.9 Å². The van der Waals surface area contributed by atoms with Crippen molar-refractivity contribution in [3.8, 4) is 5.75 Å². The maximum atomic E-state index is 14.1. The molecule has 0 bridgehead atoms. The third-order valence-electron chi connectivity index (χ3n) is 6.76. The Kier molecular flexibility index (Phi) is 5.42. The molecule has 31 heavy (non-hydrogen) atoms. The molecule has 0 saturated carbocycles. The molecule has 7 heteroatoms. The second-order valence-electron chi connectivity index (χ2n) is 8.80. The van der Waals surface area contributed by atoms with Crippen molar-refractivity contribution in [1.29, 1.82) is 0 Å². The molecule has 3 heterocycles. The number of methoxy groups -OCH3 is 1. The van der Waals surface area contributed by atoms with Gasteiger partial charge in [0.15, 0.2) is 0 Å². The van der Waals surface area contributed by atoms with E-state index in [1.54, 1.807) is 13.2 Å². The SMILES string of the molecule is COc1ccc(C(=O)N2CC3COCCN3C3(CN(Cc4ccccc4F)C3)C2)cc1. The average Bonchev–Trinajstić information content (AvgIpc) is 2.79. The number of morpholine rings is 1. The van der Waals surface area contributed by atoms with Crippen LogP contribution in [0.1, 0.15) is 15.9 Å². The number of rotatable bonds is 4. The van der Waals surface area contributed by atoms with Crippen LogP contribution in [0.2, 0.25) is 0 Å². The van der Waals surface area contributed by atoms with Crippen LogP contribution >= 0.6 is 0 Å². The predicted octanol–water partition coefficient (Wildman–Crippen LogP) is 2.25. The number of halogens is 1. The van der Waals surface area contributed by atoms with Crippen LogP contribution in [0.25, 0.3) is 0 Å². The van der Waals surface area contributed by atoms with E-state index in [2.05, 4.69) is 9.80 Å². The summed E-state index contributed by atoms with van der Waals surface area (Å²) in [5.41, 5.74) is 1.29. The molecule has 164 valence electrons. The molecule has 0 aliphatic carbocycles. The van der Waals surface area contributed by atoms with Gasteiger partial charge in [0.25, 0.3) is 5.91 Å². The van der Waals surface area contributed by atoms with Gasteiger partial charge in [0.2, 0.25) is 0 Å². The van der Waals surface area contributed by atoms with Gasteiger partial charge in [-0.15, -0.1) is 0 Å². The molecule has 1 atom stereocenters. The minimum atomic E-state index is -0.160. The number of nitrogens with zero attached hydrogens (tertiary/aromatic N) is 3. The topological polar surface area (TPSA) is 45.2 Å². The van der Waals surface area contributed by atoms with Gasteiger partial charge in [0.1, 0.15) is 11.6 Å². The normalized spacial score (nSPS) is 23.3. The molecule has 3 aliphatic rings. The number of hydrogen-bond donors (Lipinski definition) is 0. The molecular formula is C24H28FN3O3. The first-order valence-corrected chi connectivity index (χ1v) is 10.8. The van der Waals surface area contributed by atoms with E-state index in [-0.39, 0.29) is 23.3 Å². The maximum Gasteiger partial charge on any atom is 0.253 e. The molecule has 2 aromatic carbocycles. The first kappa shape index (κ1) is 20.4. The molecule has 2 aromatic rings. The Labute approximate surface area is 182 Å². The largest absolute Gasteiger partial charge is 0.497 e. The van der Waals surface area contributed by atoms with Crippen molar-refractivity contribution in [3.63, 3.8) is 0 Å². The fourth-order valence-electron chi connectivity index (χ4n) is 5.31. The Balaban J connectivity index is 1.33. The lowest BCUT2D eigenvalue weighted by Gasteiger charge is -2.63. The molecule has 3 fully saturated rings. The van der Waals surface area contributed by atoms with Crippen molar-refractivity contribution >= 4 is 5.91 Å². The fraction of sp³-hybridized carbons (Fsp3) is 0.458. The minimum absolute atomic E-state index is 0.0415. The van der Waals surface area contributed by atoms with Crippen molar-refractivity contribution in [2.75, 3.05) is 53.0 Å². The van der Waals surface area contributed by atoms with Crippen LogP contribution in [0.15, 0.2) is 48.5 Å². The van der Waals surface area contributed by atoms with Gasteiger partial charge in [-0.1, -0.05) is 18.2 Å². The zero-order valence-corrected chi connectivity index (χ0v) is 17.8. The molecule has 1 spiro atoms. The average molecular weight is 426 g/mol. The zero-order valence-electron chi connectivity index (χ0n) is 17.8. The van der Waals surface area contributed by atoms with E-state index in [0.717, 1.165) is 37.6 Å². The Morgan fingerprint density at radius 2 is 1.94 bits per heavy atom. The number of piperazine rings is 1. The van der Waals surface area contributed by atoms with Crippen LogP contribution in [0, 0.1) is 5.82 Å². The van der Waals surface area contributed by atoms with Crippen LogP contribution in [-0.4, -0.2) is 85.2 Å². The number of likely N-dealkylation sites (tertiary alicyclic amines) is 1. The molecule has 6 nitrogen and oxygen atoms in total. The molecule has 3 aliphatic heterocycles. The van der Waals surface area contributed by atoms with Crippen LogP contribution in [0.4, 0.5) is 4.39 Å². The number of carbonyl (C=O) groups excluding carboxylic acids is 1. The third-order valence-corrected chi connectivity index (χ3v) is 6.76. The monoisotopic (exact) mass is 425 g/mol. The summed E-state index contributed by atoms with van der Waals surface area (Å²) in [6.45, 7) is 5.83. The summed E-state index contributed by atoms with van der Waals surface area (Å²) in [6, 6.07) is 14.4. The fourth-order valence-corrected chi connectivity index (χ4v) is 5.31. The lowest BCUT2D eigenvalue weighted by Crippen LogP contribution is -2.80. The summed E-state index contributed by atoms with van der Waals surface area (Å²) >= 11 is 0. The molecule has 0 radical (unpaired) electrons. The highest BCUT2D eigenvalue weighted by Crippen LogP contribution is 2.37. The number of ether oxygens (including phenoxy) is 2. The highest BCUT2D eigenvalue weighted by Gasteiger charge is 2.54. The van der Waals surface area contributed by atoms with Gasteiger partial charge in [-0.25, -0.2) is 4.39 Å². The Hall–Kier alpha value is -2.48. The van der Waals surface area contributed by atoms with Crippen LogP contribution < -0.4 is 4.74 Å². The van der Waals surface area contributed by atoms with E-state index in [9.17, 15) is 9.18 Å². The van der Waals surface area contributed by atoms with Gasteiger partial charge in [-0.3, -0.25) is 14.6 Å². The molecule has 5 rings (SSSR count). The van der Waals surface area contributed by atoms with Crippen molar-refractivity contribution in [2.45, 2.75) is 18.1 Å². The molecule has 1 amide bonds. The summed E-state index contributed by atoms with van der Waals surface area (Å²) in [7, 11) is 1.62. The number of amides is 1. The summed E-state index contributed by atoms with van der Waals surface area (Å²) in [6.07, 6.45) is 0. The smallest absolute Gasteiger partial charge is 0.253 e. The lowest BCUT2D eigenvalue weighted by molar-refractivity contribution is -0.160. The number of carbonyl (C=O) groups is 1. The Morgan fingerprint density at radius 3 is 2.68 bits per heavy atom. The Morgan fingerprint density at radius 1 is 1.16 bits per heavy atom. The van der Waals surface area contributed by atoms with Crippen LogP contribution in [0.3, 0.4) is 0 Å². The maximum absolute atomic E-state index is 14.1. The van der Waals surface area contributed by atoms with Gasteiger partial charge in [-0.05, 0) is 30.3 Å². The first-order chi connectivity index (χ1) is 15.1. The van der Waals surface area contributed by atoms with Crippen molar-refractivity contribution in [1.82, 2.24) is 14.7 Å². The first-order valence-electron chi connectivity index (χ1n) is 10.8. The highest BCUT2D eigenvalue weighted by molar-refractivity contribution is 5.94.